The van der Waals surface area contributed by atoms with Crippen LogP contribution in [0.15, 0.2) is 23.0 Å². The first-order chi connectivity index (χ1) is 6.50. The monoisotopic (exact) mass is 197 g/mol. The first kappa shape index (κ1) is 11.3. The van der Waals surface area contributed by atoms with Crippen LogP contribution < -0.4 is 5.32 Å². The van der Waals surface area contributed by atoms with Gasteiger partial charge < -0.3 is 14.8 Å². The quantitative estimate of drug-likeness (QED) is 0.773. The molecule has 0 amide bonds. The lowest BCUT2D eigenvalue weighted by atomic mass is 9.89. The second-order valence-corrected chi connectivity index (χ2v) is 4.64. The summed E-state index contributed by atoms with van der Waals surface area (Å²) in [6, 6.07) is 1.91. The second kappa shape index (κ2) is 4.62. The van der Waals surface area contributed by atoms with Gasteiger partial charge in [-0.3, -0.25) is 0 Å². The number of aliphatic hydroxyl groups excluding tert-OH is 1. The molecule has 0 saturated carbocycles. The zero-order chi connectivity index (χ0) is 10.6. The van der Waals surface area contributed by atoms with Crippen LogP contribution in [0.5, 0.6) is 0 Å². The Hall–Kier alpha value is -0.800. The number of rotatable bonds is 4. The van der Waals surface area contributed by atoms with E-state index in [1.807, 2.05) is 26.8 Å². The van der Waals surface area contributed by atoms with Crippen LogP contribution in [0.4, 0.5) is 0 Å². The molecule has 0 spiro atoms. The van der Waals surface area contributed by atoms with E-state index in [1.165, 1.54) is 0 Å². The first-order valence-electron chi connectivity index (χ1n) is 4.90. The molecule has 0 bridgehead atoms. The highest BCUT2D eigenvalue weighted by molar-refractivity contribution is 5.04. The zero-order valence-corrected chi connectivity index (χ0v) is 9.08. The smallest absolute Gasteiger partial charge is 0.0947 e. The van der Waals surface area contributed by atoms with Gasteiger partial charge in [0.1, 0.15) is 0 Å². The lowest BCUT2D eigenvalue weighted by Gasteiger charge is -2.25. The van der Waals surface area contributed by atoms with Crippen molar-refractivity contribution < 1.29 is 9.52 Å². The topological polar surface area (TPSA) is 45.4 Å². The average molecular weight is 197 g/mol. The molecule has 80 valence electrons. The SMILES string of the molecule is CC(C)(C)C(O)CNCc1ccoc1. The van der Waals surface area contributed by atoms with Crippen molar-refractivity contribution in [3.05, 3.63) is 24.2 Å². The van der Waals surface area contributed by atoms with Crippen molar-refractivity contribution in [3.8, 4) is 0 Å². The number of nitrogens with one attached hydrogen (secondary N) is 1. The predicted molar refractivity (Wildman–Crippen MR) is 55.9 cm³/mol. The lowest BCUT2D eigenvalue weighted by molar-refractivity contribution is 0.0627. The van der Waals surface area contributed by atoms with Gasteiger partial charge in [-0.15, -0.1) is 0 Å². The third-order valence-corrected chi connectivity index (χ3v) is 2.25. The highest BCUT2D eigenvalue weighted by Gasteiger charge is 2.21. The number of hydrogen-bond acceptors (Lipinski definition) is 3. The van der Waals surface area contributed by atoms with E-state index in [-0.39, 0.29) is 11.5 Å². The molecular formula is C11H19NO2. The largest absolute Gasteiger partial charge is 0.472 e. The molecule has 0 aliphatic heterocycles. The number of aliphatic hydroxyl groups is 1. The molecule has 1 aromatic rings. The fourth-order valence-electron chi connectivity index (χ4n) is 1.05. The van der Waals surface area contributed by atoms with Crippen molar-refractivity contribution >= 4 is 0 Å². The second-order valence-electron chi connectivity index (χ2n) is 4.64. The fourth-order valence-corrected chi connectivity index (χ4v) is 1.05. The molecule has 0 saturated heterocycles. The van der Waals surface area contributed by atoms with E-state index in [0.717, 1.165) is 12.1 Å². The van der Waals surface area contributed by atoms with Gasteiger partial charge >= 0.3 is 0 Å². The summed E-state index contributed by atoms with van der Waals surface area (Å²) in [5, 5.41) is 12.9. The summed E-state index contributed by atoms with van der Waals surface area (Å²) in [6.45, 7) is 7.42. The Kier molecular flexibility index (Phi) is 3.72. The van der Waals surface area contributed by atoms with Crippen LogP contribution in [0.3, 0.4) is 0 Å². The van der Waals surface area contributed by atoms with Crippen molar-refractivity contribution in [2.24, 2.45) is 5.41 Å². The Bertz CT molecular complexity index is 249. The van der Waals surface area contributed by atoms with Gasteiger partial charge in [-0.1, -0.05) is 20.8 Å². The third kappa shape index (κ3) is 3.52. The summed E-state index contributed by atoms with van der Waals surface area (Å²) in [5.74, 6) is 0. The van der Waals surface area contributed by atoms with E-state index in [1.54, 1.807) is 12.5 Å². The van der Waals surface area contributed by atoms with Crippen LogP contribution in [0.2, 0.25) is 0 Å². The molecule has 3 heteroatoms. The summed E-state index contributed by atoms with van der Waals surface area (Å²) in [7, 11) is 0. The van der Waals surface area contributed by atoms with Crippen molar-refractivity contribution in [2.75, 3.05) is 6.54 Å². The van der Waals surface area contributed by atoms with Gasteiger partial charge in [-0.2, -0.15) is 0 Å². The summed E-state index contributed by atoms with van der Waals surface area (Å²) in [6.07, 6.45) is 3.03. The maximum absolute atomic E-state index is 9.73. The first-order valence-corrected chi connectivity index (χ1v) is 4.90. The van der Waals surface area contributed by atoms with Gasteiger partial charge in [0.2, 0.25) is 0 Å². The number of hydrogen-bond donors (Lipinski definition) is 2. The Balaban J connectivity index is 2.22. The normalized spacial score (nSPS) is 14.3. The fraction of sp³-hybridized carbons (Fsp3) is 0.636. The zero-order valence-electron chi connectivity index (χ0n) is 9.08. The molecule has 2 N–H and O–H groups in total. The van der Waals surface area contributed by atoms with E-state index < -0.39 is 0 Å². The Labute approximate surface area is 85.1 Å². The molecule has 1 unspecified atom stereocenters. The van der Waals surface area contributed by atoms with Crippen molar-refractivity contribution in [1.82, 2.24) is 5.32 Å². The highest BCUT2D eigenvalue weighted by atomic mass is 16.3. The van der Waals surface area contributed by atoms with Crippen LogP contribution in [-0.2, 0) is 6.54 Å². The van der Waals surface area contributed by atoms with Crippen LogP contribution >= 0.6 is 0 Å². The molecular weight excluding hydrogens is 178 g/mol. The van der Waals surface area contributed by atoms with Crippen LogP contribution in [0.25, 0.3) is 0 Å². The van der Waals surface area contributed by atoms with Gasteiger partial charge in [0.25, 0.3) is 0 Å². The average Bonchev–Trinajstić information content (AvgIpc) is 2.55. The molecule has 1 rings (SSSR count). The molecule has 0 radical (unpaired) electrons. The molecule has 3 nitrogen and oxygen atoms in total. The number of furan rings is 1. The molecule has 0 aliphatic rings. The standard InChI is InChI=1S/C11H19NO2/c1-11(2,3)10(13)7-12-6-9-4-5-14-8-9/h4-5,8,10,12-13H,6-7H2,1-3H3. The molecule has 14 heavy (non-hydrogen) atoms. The van der Waals surface area contributed by atoms with Gasteiger partial charge in [0, 0.05) is 18.7 Å². The van der Waals surface area contributed by atoms with Crippen molar-refractivity contribution in [2.45, 2.75) is 33.4 Å². The lowest BCUT2D eigenvalue weighted by Crippen LogP contribution is -2.36. The van der Waals surface area contributed by atoms with Crippen molar-refractivity contribution in [1.29, 1.82) is 0 Å². The molecule has 1 heterocycles. The minimum Gasteiger partial charge on any atom is -0.472 e. The van der Waals surface area contributed by atoms with Gasteiger partial charge in [-0.05, 0) is 11.5 Å². The van der Waals surface area contributed by atoms with E-state index in [2.05, 4.69) is 5.32 Å². The summed E-state index contributed by atoms with van der Waals surface area (Å²) in [5.41, 5.74) is 1.04. The molecule has 0 fully saturated rings. The van der Waals surface area contributed by atoms with E-state index in [4.69, 9.17) is 4.42 Å². The van der Waals surface area contributed by atoms with Crippen LogP contribution in [0.1, 0.15) is 26.3 Å². The Morgan fingerprint density at radius 3 is 2.71 bits per heavy atom. The Morgan fingerprint density at radius 2 is 2.21 bits per heavy atom. The predicted octanol–water partition coefficient (Wildman–Crippen LogP) is 1.78. The highest BCUT2D eigenvalue weighted by Crippen LogP contribution is 2.18. The van der Waals surface area contributed by atoms with Crippen LogP contribution in [-0.4, -0.2) is 17.8 Å². The van der Waals surface area contributed by atoms with Gasteiger partial charge in [0.15, 0.2) is 0 Å². The molecule has 1 atom stereocenters. The minimum absolute atomic E-state index is 0.0661. The van der Waals surface area contributed by atoms with E-state index in [0.29, 0.717) is 6.54 Å². The van der Waals surface area contributed by atoms with Gasteiger partial charge in [0.05, 0.1) is 18.6 Å². The van der Waals surface area contributed by atoms with Gasteiger partial charge in [-0.25, -0.2) is 0 Å². The minimum atomic E-state index is -0.325. The van der Waals surface area contributed by atoms with Crippen molar-refractivity contribution in [3.63, 3.8) is 0 Å². The van der Waals surface area contributed by atoms with Crippen LogP contribution in [0, 0.1) is 5.41 Å². The van der Waals surface area contributed by atoms with E-state index in [9.17, 15) is 5.11 Å². The third-order valence-electron chi connectivity index (χ3n) is 2.25. The maximum Gasteiger partial charge on any atom is 0.0947 e. The summed E-state index contributed by atoms with van der Waals surface area (Å²) < 4.78 is 4.94. The van der Waals surface area contributed by atoms with E-state index >= 15 is 0 Å². The summed E-state index contributed by atoms with van der Waals surface area (Å²) in [4.78, 5) is 0. The molecule has 1 aromatic heterocycles. The molecule has 0 aromatic carbocycles. The molecule has 0 aliphatic carbocycles. The Morgan fingerprint density at radius 1 is 1.50 bits per heavy atom. The summed E-state index contributed by atoms with van der Waals surface area (Å²) >= 11 is 0. The maximum atomic E-state index is 9.73.